The summed E-state index contributed by atoms with van der Waals surface area (Å²) in [6.45, 7) is 0.843. The molecule has 112 valence electrons. The maximum atomic E-state index is 12.6. The zero-order valence-electron chi connectivity index (χ0n) is 11.6. The van der Waals surface area contributed by atoms with E-state index < -0.39 is 18.1 Å². The molecule has 6 nitrogen and oxygen atoms in total. The van der Waals surface area contributed by atoms with Crippen molar-refractivity contribution in [3.05, 3.63) is 24.3 Å². The van der Waals surface area contributed by atoms with Crippen LogP contribution in [0.4, 0.5) is 5.69 Å². The van der Waals surface area contributed by atoms with Crippen LogP contribution in [0.25, 0.3) is 0 Å². The molecule has 2 N–H and O–H groups in total. The van der Waals surface area contributed by atoms with Crippen LogP contribution in [0.3, 0.4) is 0 Å². The topological polar surface area (TPSA) is 78.9 Å². The number of hydrogen-bond acceptors (Lipinski definition) is 4. The molecule has 21 heavy (non-hydrogen) atoms. The number of likely N-dealkylation sites (tertiary alicyclic amines) is 1. The van der Waals surface area contributed by atoms with Gasteiger partial charge < -0.3 is 20.1 Å². The van der Waals surface area contributed by atoms with Crippen molar-refractivity contribution < 1.29 is 19.4 Å². The van der Waals surface area contributed by atoms with E-state index in [0.717, 1.165) is 18.5 Å². The molecule has 2 heterocycles. The molecule has 2 atom stereocenters. The quantitative estimate of drug-likeness (QED) is 0.859. The lowest BCUT2D eigenvalue weighted by Crippen LogP contribution is -2.54. The van der Waals surface area contributed by atoms with E-state index in [2.05, 4.69) is 5.32 Å². The minimum absolute atomic E-state index is 0.246. The van der Waals surface area contributed by atoms with Gasteiger partial charge in [-0.1, -0.05) is 12.1 Å². The fraction of sp³-hybridized carbons (Fsp3) is 0.467. The van der Waals surface area contributed by atoms with Crippen molar-refractivity contribution in [3.63, 3.8) is 0 Å². The number of aliphatic carboxylic acids is 1. The van der Waals surface area contributed by atoms with E-state index in [9.17, 15) is 14.7 Å². The summed E-state index contributed by atoms with van der Waals surface area (Å²) in [5.74, 6) is -0.553. The van der Waals surface area contributed by atoms with E-state index in [1.807, 2.05) is 18.2 Å². The van der Waals surface area contributed by atoms with Crippen LogP contribution in [0.2, 0.25) is 0 Å². The van der Waals surface area contributed by atoms with Gasteiger partial charge in [0.2, 0.25) is 0 Å². The van der Waals surface area contributed by atoms with E-state index >= 15 is 0 Å². The average Bonchev–Trinajstić information content (AvgIpc) is 2.53. The van der Waals surface area contributed by atoms with Gasteiger partial charge in [0.05, 0.1) is 12.2 Å². The second kappa shape index (κ2) is 5.63. The third-order valence-electron chi connectivity index (χ3n) is 3.98. The number of anilines is 1. The lowest BCUT2D eigenvalue weighted by Gasteiger charge is -2.36. The summed E-state index contributed by atoms with van der Waals surface area (Å²) in [6, 6.07) is 6.69. The molecule has 0 saturated carbocycles. The van der Waals surface area contributed by atoms with Crippen LogP contribution in [0.5, 0.6) is 5.75 Å². The van der Waals surface area contributed by atoms with Crippen molar-refractivity contribution in [1.82, 2.24) is 4.90 Å². The van der Waals surface area contributed by atoms with Gasteiger partial charge in [-0.05, 0) is 31.4 Å². The Morgan fingerprint density at radius 1 is 1.29 bits per heavy atom. The van der Waals surface area contributed by atoms with E-state index in [1.165, 1.54) is 4.90 Å². The predicted octanol–water partition coefficient (Wildman–Crippen LogP) is 1.33. The highest BCUT2D eigenvalue weighted by atomic mass is 16.5. The number of para-hydroxylation sites is 2. The summed E-state index contributed by atoms with van der Waals surface area (Å²) in [4.78, 5) is 25.3. The van der Waals surface area contributed by atoms with Crippen molar-refractivity contribution in [1.29, 1.82) is 0 Å². The van der Waals surface area contributed by atoms with Crippen molar-refractivity contribution in [2.75, 3.05) is 18.4 Å². The summed E-state index contributed by atoms with van der Waals surface area (Å²) in [5.41, 5.74) is 0.856. The molecule has 0 bridgehead atoms. The first-order valence-corrected chi connectivity index (χ1v) is 7.19. The monoisotopic (exact) mass is 290 g/mol. The van der Waals surface area contributed by atoms with E-state index in [0.29, 0.717) is 25.3 Å². The first-order valence-electron chi connectivity index (χ1n) is 7.19. The SMILES string of the molecule is O=C(O)[C@H]1CCCCN1C(=O)C1CNc2ccccc2O1. The summed E-state index contributed by atoms with van der Waals surface area (Å²) in [7, 11) is 0. The Kier molecular flexibility index (Phi) is 3.68. The molecule has 0 radical (unpaired) electrons. The number of amides is 1. The van der Waals surface area contributed by atoms with Crippen LogP contribution < -0.4 is 10.1 Å². The molecule has 1 amide bonds. The number of fused-ring (bicyclic) bond motifs is 1. The minimum Gasteiger partial charge on any atom is -0.480 e. The molecule has 6 heteroatoms. The van der Waals surface area contributed by atoms with Crippen molar-refractivity contribution >= 4 is 17.6 Å². The molecular weight excluding hydrogens is 272 g/mol. The molecule has 1 aromatic rings. The number of hydrogen-bond donors (Lipinski definition) is 2. The fourth-order valence-electron chi connectivity index (χ4n) is 2.89. The number of ether oxygens (including phenoxy) is 1. The summed E-state index contributed by atoms with van der Waals surface area (Å²) < 4.78 is 5.73. The molecule has 0 aromatic heterocycles. The number of nitrogens with zero attached hydrogens (tertiary/aromatic N) is 1. The van der Waals surface area contributed by atoms with Crippen LogP contribution in [-0.4, -0.2) is 47.1 Å². The predicted molar refractivity (Wildman–Crippen MR) is 76.3 cm³/mol. The van der Waals surface area contributed by atoms with Crippen molar-refractivity contribution in [3.8, 4) is 5.75 Å². The van der Waals surface area contributed by atoms with Gasteiger partial charge in [-0.2, -0.15) is 0 Å². The van der Waals surface area contributed by atoms with Gasteiger partial charge in [0.1, 0.15) is 11.8 Å². The average molecular weight is 290 g/mol. The molecule has 1 unspecified atom stereocenters. The first-order chi connectivity index (χ1) is 10.2. The molecule has 3 rings (SSSR count). The number of carboxylic acid groups (broad SMARTS) is 1. The highest BCUT2D eigenvalue weighted by Crippen LogP contribution is 2.29. The van der Waals surface area contributed by atoms with Gasteiger partial charge in [-0.15, -0.1) is 0 Å². The number of carbonyl (C=O) groups excluding carboxylic acids is 1. The maximum Gasteiger partial charge on any atom is 0.326 e. The van der Waals surface area contributed by atoms with Crippen LogP contribution >= 0.6 is 0 Å². The van der Waals surface area contributed by atoms with Gasteiger partial charge >= 0.3 is 5.97 Å². The number of nitrogens with one attached hydrogen (secondary N) is 1. The zero-order chi connectivity index (χ0) is 14.8. The summed E-state index contributed by atoms with van der Waals surface area (Å²) in [6.07, 6.45) is 1.53. The molecule has 1 fully saturated rings. The van der Waals surface area contributed by atoms with Crippen molar-refractivity contribution in [2.45, 2.75) is 31.4 Å². The zero-order valence-corrected chi connectivity index (χ0v) is 11.6. The van der Waals surface area contributed by atoms with Gasteiger partial charge in [-0.3, -0.25) is 4.79 Å². The first kappa shape index (κ1) is 13.7. The van der Waals surface area contributed by atoms with Crippen LogP contribution in [-0.2, 0) is 9.59 Å². The van der Waals surface area contributed by atoms with Gasteiger partial charge in [0, 0.05) is 6.54 Å². The summed E-state index contributed by atoms with van der Waals surface area (Å²) in [5, 5.41) is 12.4. The molecule has 2 aliphatic heterocycles. The second-order valence-electron chi connectivity index (χ2n) is 5.37. The van der Waals surface area contributed by atoms with Gasteiger partial charge in [0.15, 0.2) is 6.10 Å². The van der Waals surface area contributed by atoms with Crippen LogP contribution in [0.15, 0.2) is 24.3 Å². The molecule has 1 aromatic carbocycles. The number of benzene rings is 1. The maximum absolute atomic E-state index is 12.6. The Labute approximate surface area is 122 Å². The Morgan fingerprint density at radius 2 is 2.10 bits per heavy atom. The third-order valence-corrected chi connectivity index (χ3v) is 3.98. The molecule has 1 saturated heterocycles. The van der Waals surface area contributed by atoms with Gasteiger partial charge in [0.25, 0.3) is 5.91 Å². The van der Waals surface area contributed by atoms with Crippen LogP contribution in [0, 0.1) is 0 Å². The largest absolute Gasteiger partial charge is 0.480 e. The second-order valence-corrected chi connectivity index (χ2v) is 5.37. The molecule has 0 spiro atoms. The standard InChI is InChI=1S/C15H18N2O4/c18-14(17-8-4-3-6-11(17)15(19)20)13-9-16-10-5-1-2-7-12(10)21-13/h1-2,5,7,11,13,16H,3-4,6,8-9H2,(H,19,20)/t11-,13?/m1/s1. The highest BCUT2D eigenvalue weighted by Gasteiger charge is 2.37. The fourth-order valence-corrected chi connectivity index (χ4v) is 2.89. The van der Waals surface area contributed by atoms with E-state index in [4.69, 9.17) is 4.74 Å². The lowest BCUT2D eigenvalue weighted by molar-refractivity contribution is -0.155. The smallest absolute Gasteiger partial charge is 0.326 e. The number of carboxylic acids is 1. The van der Waals surface area contributed by atoms with Crippen molar-refractivity contribution in [2.24, 2.45) is 0 Å². The van der Waals surface area contributed by atoms with E-state index in [-0.39, 0.29) is 5.91 Å². The van der Waals surface area contributed by atoms with Crippen LogP contribution in [0.1, 0.15) is 19.3 Å². The Balaban J connectivity index is 1.75. The number of carbonyl (C=O) groups is 2. The Morgan fingerprint density at radius 3 is 2.90 bits per heavy atom. The molecule has 2 aliphatic rings. The Hall–Kier alpha value is -2.24. The summed E-state index contributed by atoms with van der Waals surface area (Å²) >= 11 is 0. The lowest BCUT2D eigenvalue weighted by atomic mass is 10.0. The third kappa shape index (κ3) is 2.66. The van der Waals surface area contributed by atoms with Gasteiger partial charge in [-0.25, -0.2) is 4.79 Å². The normalized spacial score (nSPS) is 24.5. The molecule has 0 aliphatic carbocycles. The number of piperidine rings is 1. The van der Waals surface area contributed by atoms with E-state index in [1.54, 1.807) is 6.07 Å². The minimum atomic E-state index is -0.938. The number of rotatable bonds is 2. The molecular formula is C15H18N2O4. The highest BCUT2D eigenvalue weighted by molar-refractivity contribution is 5.88. The Bertz CT molecular complexity index is 560.